The maximum absolute atomic E-state index is 14.6. The summed E-state index contributed by atoms with van der Waals surface area (Å²) in [6, 6.07) is 4.15. The van der Waals surface area contributed by atoms with Gasteiger partial charge >= 0.3 is 12.1 Å². The maximum Gasteiger partial charge on any atom is 0.418 e. The van der Waals surface area contributed by atoms with Gasteiger partial charge in [0.15, 0.2) is 10.8 Å². The molecule has 2 fully saturated rings. The highest BCUT2D eigenvalue weighted by molar-refractivity contribution is 7.81. The number of benzene rings is 1. The van der Waals surface area contributed by atoms with Gasteiger partial charge in [-0.05, 0) is 55.7 Å². The summed E-state index contributed by atoms with van der Waals surface area (Å²) in [7, 11) is 1.34. The summed E-state index contributed by atoms with van der Waals surface area (Å²) in [6.07, 6.45) is -2.97. The Morgan fingerprint density at radius 2 is 1.88 bits per heavy atom. The summed E-state index contributed by atoms with van der Waals surface area (Å²) in [5.41, 5.74) is -4.42. The largest absolute Gasteiger partial charge is 0.476 e. The van der Waals surface area contributed by atoms with E-state index >= 15 is 0 Å². The van der Waals surface area contributed by atoms with E-state index in [4.69, 9.17) is 17.3 Å². The van der Waals surface area contributed by atoms with Crippen molar-refractivity contribution in [2.75, 3.05) is 16.8 Å². The lowest BCUT2D eigenvalue weighted by molar-refractivity contribution is -0.138. The van der Waals surface area contributed by atoms with Crippen LogP contribution in [0.5, 0.6) is 0 Å². The lowest BCUT2D eigenvalue weighted by Crippen LogP contribution is -2.55. The number of anilines is 2. The van der Waals surface area contributed by atoms with E-state index in [1.54, 1.807) is 0 Å². The Hall–Kier alpha value is -3.61. The average Bonchev–Trinajstić information content (AvgIpc) is 2.98. The van der Waals surface area contributed by atoms with Crippen LogP contribution in [0.15, 0.2) is 30.5 Å². The normalized spacial score (nSPS) is 17.2. The summed E-state index contributed by atoms with van der Waals surface area (Å²) in [6.45, 7) is 0. The fraction of sp³-hybridized carbons (Fsp3) is 0.286. The lowest BCUT2D eigenvalue weighted by Gasteiger charge is -2.43. The molecule has 2 aromatic rings. The zero-order valence-corrected chi connectivity index (χ0v) is 18.3. The molecule has 0 atom stereocenters. The molecular weight excluding hydrogens is 480 g/mol. The molecule has 178 valence electrons. The molecular formula is C21H16F4N4O4S. The summed E-state index contributed by atoms with van der Waals surface area (Å²) in [5.74, 6) is -4.03. The predicted molar refractivity (Wildman–Crippen MR) is 115 cm³/mol. The van der Waals surface area contributed by atoms with E-state index in [2.05, 4.69) is 10.3 Å². The van der Waals surface area contributed by atoms with Gasteiger partial charge in [-0.25, -0.2) is 14.2 Å². The highest BCUT2D eigenvalue weighted by Gasteiger charge is 2.60. The van der Waals surface area contributed by atoms with Gasteiger partial charge in [-0.2, -0.15) is 13.2 Å². The molecule has 2 amide bonds. The number of alkyl halides is 3. The molecule has 34 heavy (non-hydrogen) atoms. The fourth-order valence-electron chi connectivity index (χ4n) is 4.13. The van der Waals surface area contributed by atoms with Crippen molar-refractivity contribution in [2.45, 2.75) is 31.0 Å². The van der Waals surface area contributed by atoms with Crippen LogP contribution in [0.25, 0.3) is 0 Å². The molecule has 1 aliphatic carbocycles. The fourth-order valence-corrected chi connectivity index (χ4v) is 4.60. The van der Waals surface area contributed by atoms with Crippen LogP contribution in [0, 0.1) is 5.82 Å². The molecule has 1 aliphatic heterocycles. The summed E-state index contributed by atoms with van der Waals surface area (Å²) < 4.78 is 55.1. The number of halogens is 4. The predicted octanol–water partition coefficient (Wildman–Crippen LogP) is 3.36. The molecule has 1 spiro atoms. The highest BCUT2D eigenvalue weighted by Crippen LogP contribution is 2.48. The molecule has 0 radical (unpaired) electrons. The van der Waals surface area contributed by atoms with Gasteiger partial charge in [-0.15, -0.1) is 0 Å². The third-order valence-electron chi connectivity index (χ3n) is 5.91. The molecule has 1 saturated heterocycles. The summed E-state index contributed by atoms with van der Waals surface area (Å²) in [4.78, 5) is 42.1. The molecule has 1 aromatic carbocycles. The topological polar surface area (TPSA) is 103 Å². The van der Waals surface area contributed by atoms with Gasteiger partial charge in [-0.1, -0.05) is 0 Å². The molecule has 4 rings (SSSR count). The van der Waals surface area contributed by atoms with Crippen LogP contribution in [-0.2, 0) is 11.0 Å². The van der Waals surface area contributed by atoms with Crippen molar-refractivity contribution in [3.8, 4) is 0 Å². The zero-order valence-electron chi connectivity index (χ0n) is 17.4. The van der Waals surface area contributed by atoms with Gasteiger partial charge in [0.1, 0.15) is 11.4 Å². The number of carbonyl (C=O) groups excluding carboxylic acids is 2. The number of nitrogens with one attached hydrogen (secondary N) is 1. The molecule has 8 nitrogen and oxygen atoms in total. The molecule has 2 N–H and O–H groups in total. The lowest BCUT2D eigenvalue weighted by atomic mass is 9.75. The minimum Gasteiger partial charge on any atom is -0.476 e. The van der Waals surface area contributed by atoms with Gasteiger partial charge in [0.05, 0.1) is 23.0 Å². The van der Waals surface area contributed by atoms with E-state index in [9.17, 15) is 31.9 Å². The van der Waals surface area contributed by atoms with Crippen LogP contribution in [-0.4, -0.2) is 45.6 Å². The first-order valence-corrected chi connectivity index (χ1v) is 10.3. The van der Waals surface area contributed by atoms with Crippen LogP contribution in [0.3, 0.4) is 0 Å². The SMILES string of the molecule is CNC(=O)c1ccc(N2C(=S)N(c3cnc(C(=O)O)c(C(F)(F)F)c3)C(=O)C23CCC3)cc1F. The molecule has 2 heterocycles. The third-order valence-corrected chi connectivity index (χ3v) is 6.28. The van der Waals surface area contributed by atoms with Crippen molar-refractivity contribution in [2.24, 2.45) is 0 Å². The second-order valence-corrected chi connectivity index (χ2v) is 8.14. The highest BCUT2D eigenvalue weighted by atomic mass is 32.1. The standard InChI is InChI=1S/C21H16F4N4O4S/c1-26-16(30)12-4-3-10(8-14(12)22)29-19(34)28(18(33)20(29)5-2-6-20)11-7-13(21(23,24)25)15(17(31)32)27-9-11/h3-4,7-9H,2,5-6H2,1H3,(H,26,30)(H,31,32). The smallest absolute Gasteiger partial charge is 0.418 e. The molecule has 0 unspecified atom stereocenters. The summed E-state index contributed by atoms with van der Waals surface area (Å²) in [5, 5.41) is 11.2. The maximum atomic E-state index is 14.6. The second kappa shape index (κ2) is 8.01. The van der Waals surface area contributed by atoms with E-state index in [0.717, 1.165) is 17.2 Å². The first-order chi connectivity index (χ1) is 15.9. The Balaban J connectivity index is 1.81. The van der Waals surface area contributed by atoms with E-state index in [1.165, 1.54) is 24.1 Å². The van der Waals surface area contributed by atoms with Crippen LogP contribution in [0.4, 0.5) is 28.9 Å². The number of pyridine rings is 1. The third kappa shape index (κ3) is 3.47. The molecule has 1 saturated carbocycles. The van der Waals surface area contributed by atoms with Crippen LogP contribution in [0.2, 0.25) is 0 Å². The number of thiocarbonyl (C=S) groups is 1. The van der Waals surface area contributed by atoms with Crippen molar-refractivity contribution in [1.82, 2.24) is 10.3 Å². The number of aromatic carboxylic acids is 1. The number of hydrogen-bond donors (Lipinski definition) is 2. The molecule has 0 bridgehead atoms. The van der Waals surface area contributed by atoms with E-state index in [0.29, 0.717) is 25.3 Å². The average molecular weight is 496 g/mol. The number of rotatable bonds is 4. The Kier molecular flexibility index (Phi) is 5.55. The van der Waals surface area contributed by atoms with Crippen molar-refractivity contribution in [1.29, 1.82) is 0 Å². The number of carboxylic acid groups (broad SMARTS) is 1. The molecule has 2 aliphatic rings. The van der Waals surface area contributed by atoms with Crippen LogP contribution < -0.4 is 15.1 Å². The van der Waals surface area contributed by atoms with E-state index in [1.807, 2.05) is 0 Å². The van der Waals surface area contributed by atoms with Crippen LogP contribution in [0.1, 0.15) is 45.7 Å². The van der Waals surface area contributed by atoms with E-state index in [-0.39, 0.29) is 22.1 Å². The van der Waals surface area contributed by atoms with Crippen molar-refractivity contribution in [3.05, 3.63) is 53.1 Å². The zero-order chi connectivity index (χ0) is 25.0. The second-order valence-electron chi connectivity index (χ2n) is 7.78. The van der Waals surface area contributed by atoms with Gasteiger partial charge in [0.2, 0.25) is 0 Å². The number of carboxylic acids is 1. The Morgan fingerprint density at radius 3 is 2.38 bits per heavy atom. The van der Waals surface area contributed by atoms with Gasteiger partial charge in [-0.3, -0.25) is 14.5 Å². The van der Waals surface area contributed by atoms with Crippen molar-refractivity contribution < 1.29 is 37.1 Å². The van der Waals surface area contributed by atoms with Gasteiger partial charge in [0.25, 0.3) is 11.8 Å². The Labute approximate surface area is 195 Å². The monoisotopic (exact) mass is 496 g/mol. The van der Waals surface area contributed by atoms with Crippen molar-refractivity contribution >= 4 is 46.5 Å². The van der Waals surface area contributed by atoms with Crippen molar-refractivity contribution in [3.63, 3.8) is 0 Å². The number of carbonyl (C=O) groups is 3. The Morgan fingerprint density at radius 1 is 1.21 bits per heavy atom. The van der Waals surface area contributed by atoms with Gasteiger partial charge < -0.3 is 15.3 Å². The number of aromatic nitrogens is 1. The number of nitrogens with zero attached hydrogens (tertiary/aromatic N) is 3. The Bertz CT molecular complexity index is 1250. The quantitative estimate of drug-likeness (QED) is 0.494. The molecule has 13 heteroatoms. The number of amides is 2. The van der Waals surface area contributed by atoms with Crippen LogP contribution >= 0.6 is 12.2 Å². The summed E-state index contributed by atoms with van der Waals surface area (Å²) >= 11 is 5.43. The van der Waals surface area contributed by atoms with E-state index < -0.39 is 46.6 Å². The molecule has 1 aromatic heterocycles. The minimum absolute atomic E-state index is 0.150. The minimum atomic E-state index is -5.05. The number of hydrogen-bond acceptors (Lipinski definition) is 5. The van der Waals surface area contributed by atoms with Gasteiger partial charge in [0, 0.05) is 12.7 Å². The first-order valence-electron chi connectivity index (χ1n) is 9.93. The first kappa shape index (κ1) is 23.5.